The van der Waals surface area contributed by atoms with E-state index in [1.54, 1.807) is 0 Å². The molecule has 2 saturated carbocycles. The van der Waals surface area contributed by atoms with Gasteiger partial charge < -0.3 is 4.90 Å². The molecule has 0 aromatic heterocycles. The van der Waals surface area contributed by atoms with Gasteiger partial charge in [0.05, 0.1) is 5.69 Å². The largest absolute Gasteiger partial charge is 0.378 e. The van der Waals surface area contributed by atoms with Gasteiger partial charge in [-0.05, 0) is 55.4 Å². The molecule has 3 fully saturated rings. The van der Waals surface area contributed by atoms with Gasteiger partial charge in [0.15, 0.2) is 5.92 Å². The maximum absolute atomic E-state index is 12.9. The Labute approximate surface area is 158 Å². The SMILES string of the molecule is CN(C)c1ccc(N=C[C@H]2C(=O)NC(=O)N([C@@H]3C[C@H]4CC[C@H]3C4)C2=O)cc1. The van der Waals surface area contributed by atoms with Crippen LogP contribution in [0.5, 0.6) is 0 Å². The maximum Gasteiger partial charge on any atom is 0.331 e. The Bertz CT molecular complexity index is 802. The van der Waals surface area contributed by atoms with Crippen molar-refractivity contribution in [1.82, 2.24) is 10.2 Å². The second kappa shape index (κ2) is 6.79. The van der Waals surface area contributed by atoms with E-state index in [-0.39, 0.29) is 6.04 Å². The molecule has 142 valence electrons. The molecule has 4 rings (SSSR count). The lowest BCUT2D eigenvalue weighted by atomic mass is 9.92. The summed E-state index contributed by atoms with van der Waals surface area (Å²) >= 11 is 0. The number of imide groups is 2. The highest BCUT2D eigenvalue weighted by Gasteiger charge is 2.50. The molecule has 1 saturated heterocycles. The van der Waals surface area contributed by atoms with Crippen molar-refractivity contribution in [3.05, 3.63) is 24.3 Å². The predicted octanol–water partition coefficient (Wildman–Crippen LogP) is 2.34. The first-order valence-corrected chi connectivity index (χ1v) is 9.43. The molecule has 0 unspecified atom stereocenters. The van der Waals surface area contributed by atoms with Crippen LogP contribution in [0.4, 0.5) is 16.2 Å². The molecule has 1 aliphatic heterocycles. The quantitative estimate of drug-likeness (QED) is 0.653. The summed E-state index contributed by atoms with van der Waals surface area (Å²) in [6.07, 6.45) is 5.52. The molecule has 4 amide bonds. The van der Waals surface area contributed by atoms with Gasteiger partial charge in [-0.3, -0.25) is 24.8 Å². The Hall–Kier alpha value is -2.70. The molecular weight excluding hydrogens is 344 g/mol. The first-order chi connectivity index (χ1) is 12.9. The van der Waals surface area contributed by atoms with Crippen molar-refractivity contribution in [2.75, 3.05) is 19.0 Å². The van der Waals surface area contributed by atoms with Crippen molar-refractivity contribution in [1.29, 1.82) is 0 Å². The molecule has 0 radical (unpaired) electrons. The number of benzene rings is 1. The van der Waals surface area contributed by atoms with Crippen molar-refractivity contribution >= 4 is 35.4 Å². The monoisotopic (exact) mass is 368 g/mol. The molecule has 4 atom stereocenters. The van der Waals surface area contributed by atoms with Gasteiger partial charge in [-0.15, -0.1) is 0 Å². The molecule has 7 heteroatoms. The van der Waals surface area contributed by atoms with Crippen LogP contribution in [0.25, 0.3) is 0 Å². The number of urea groups is 1. The molecule has 1 N–H and O–H groups in total. The summed E-state index contributed by atoms with van der Waals surface area (Å²) in [6, 6.07) is 6.83. The number of nitrogens with zero attached hydrogens (tertiary/aromatic N) is 3. The van der Waals surface area contributed by atoms with Gasteiger partial charge >= 0.3 is 6.03 Å². The summed E-state index contributed by atoms with van der Waals surface area (Å²) in [6.45, 7) is 0. The lowest BCUT2D eigenvalue weighted by Gasteiger charge is -2.36. The third kappa shape index (κ3) is 3.22. The topological polar surface area (TPSA) is 82.1 Å². The number of amides is 4. The number of nitrogens with one attached hydrogen (secondary N) is 1. The number of hydrogen-bond donors (Lipinski definition) is 1. The van der Waals surface area contributed by atoms with E-state index in [0.717, 1.165) is 24.9 Å². The van der Waals surface area contributed by atoms with Gasteiger partial charge in [0.25, 0.3) is 0 Å². The van der Waals surface area contributed by atoms with Crippen LogP contribution in [-0.2, 0) is 9.59 Å². The Kier molecular flexibility index (Phi) is 4.45. The van der Waals surface area contributed by atoms with Crippen molar-refractivity contribution < 1.29 is 14.4 Å². The van der Waals surface area contributed by atoms with Crippen LogP contribution in [0.3, 0.4) is 0 Å². The first kappa shape index (κ1) is 17.7. The van der Waals surface area contributed by atoms with Gasteiger partial charge in [-0.2, -0.15) is 0 Å². The second-order valence-corrected chi connectivity index (χ2v) is 7.91. The van der Waals surface area contributed by atoms with E-state index in [0.29, 0.717) is 17.5 Å². The second-order valence-electron chi connectivity index (χ2n) is 7.91. The van der Waals surface area contributed by atoms with Crippen LogP contribution >= 0.6 is 0 Å². The summed E-state index contributed by atoms with van der Waals surface area (Å²) in [5.74, 6) is -1.14. The van der Waals surface area contributed by atoms with E-state index in [2.05, 4.69) is 10.3 Å². The Morgan fingerprint density at radius 3 is 2.44 bits per heavy atom. The van der Waals surface area contributed by atoms with E-state index in [4.69, 9.17) is 0 Å². The smallest absolute Gasteiger partial charge is 0.331 e. The van der Waals surface area contributed by atoms with Crippen molar-refractivity contribution in [2.45, 2.75) is 31.7 Å². The van der Waals surface area contributed by atoms with Gasteiger partial charge in [0.2, 0.25) is 11.8 Å². The molecule has 27 heavy (non-hydrogen) atoms. The van der Waals surface area contributed by atoms with E-state index < -0.39 is 23.8 Å². The van der Waals surface area contributed by atoms with E-state index in [1.165, 1.54) is 17.5 Å². The number of carbonyl (C=O) groups is 3. The molecule has 2 aliphatic carbocycles. The molecule has 1 heterocycles. The van der Waals surface area contributed by atoms with Gasteiger partial charge in [0, 0.05) is 32.0 Å². The van der Waals surface area contributed by atoms with Crippen LogP contribution in [0.15, 0.2) is 29.3 Å². The van der Waals surface area contributed by atoms with Crippen LogP contribution < -0.4 is 10.2 Å². The van der Waals surface area contributed by atoms with Gasteiger partial charge in [-0.1, -0.05) is 6.42 Å². The lowest BCUT2D eigenvalue weighted by Crippen LogP contribution is -2.62. The number of carbonyl (C=O) groups excluding carboxylic acids is 3. The van der Waals surface area contributed by atoms with Crippen LogP contribution in [0, 0.1) is 17.8 Å². The molecular formula is C20H24N4O3. The molecule has 1 aromatic carbocycles. The average Bonchev–Trinajstić information content (AvgIpc) is 3.25. The standard InChI is InChI=1S/C20H24N4O3/c1-23(2)15-7-5-14(6-8-15)21-11-16-18(25)22-20(27)24(19(16)26)17-10-12-3-4-13(17)9-12/h5-8,11-13,16-17H,3-4,9-10H2,1-2H3,(H,22,25,27)/t12-,13-,16-,17+/m0/s1. The fourth-order valence-electron chi connectivity index (χ4n) is 4.58. The summed E-state index contributed by atoms with van der Waals surface area (Å²) in [4.78, 5) is 45.0. The maximum atomic E-state index is 12.9. The third-order valence-electron chi connectivity index (χ3n) is 6.01. The summed E-state index contributed by atoms with van der Waals surface area (Å²) in [7, 11) is 3.90. The molecule has 7 nitrogen and oxygen atoms in total. The normalized spacial score (nSPS) is 30.3. The molecule has 0 spiro atoms. The van der Waals surface area contributed by atoms with Crippen LogP contribution in [0.2, 0.25) is 0 Å². The average molecular weight is 368 g/mol. The zero-order valence-corrected chi connectivity index (χ0v) is 15.6. The molecule has 2 bridgehead atoms. The Morgan fingerprint density at radius 2 is 1.85 bits per heavy atom. The van der Waals surface area contributed by atoms with E-state index >= 15 is 0 Å². The number of fused-ring (bicyclic) bond motifs is 2. The zero-order chi connectivity index (χ0) is 19.1. The van der Waals surface area contributed by atoms with E-state index in [1.807, 2.05) is 43.3 Å². The van der Waals surface area contributed by atoms with Crippen molar-refractivity contribution in [3.8, 4) is 0 Å². The van der Waals surface area contributed by atoms with E-state index in [9.17, 15) is 14.4 Å². The Morgan fingerprint density at radius 1 is 1.11 bits per heavy atom. The number of rotatable bonds is 4. The zero-order valence-electron chi connectivity index (χ0n) is 15.6. The van der Waals surface area contributed by atoms with Crippen molar-refractivity contribution in [3.63, 3.8) is 0 Å². The number of anilines is 1. The minimum atomic E-state index is -1.06. The lowest BCUT2D eigenvalue weighted by molar-refractivity contribution is -0.141. The fraction of sp³-hybridized carbons (Fsp3) is 0.500. The van der Waals surface area contributed by atoms with Gasteiger partial charge in [-0.25, -0.2) is 4.79 Å². The first-order valence-electron chi connectivity index (χ1n) is 9.43. The Balaban J connectivity index is 1.52. The minimum absolute atomic E-state index is 0.0837. The number of barbiturate groups is 1. The van der Waals surface area contributed by atoms with Crippen LogP contribution in [-0.4, -0.2) is 49.1 Å². The summed E-state index contributed by atoms with van der Waals surface area (Å²) < 4.78 is 0. The number of hydrogen-bond acceptors (Lipinski definition) is 5. The molecule has 3 aliphatic rings. The molecule has 1 aromatic rings. The number of aliphatic imine (C=N–C) groups is 1. The minimum Gasteiger partial charge on any atom is -0.378 e. The van der Waals surface area contributed by atoms with Crippen LogP contribution in [0.1, 0.15) is 25.7 Å². The predicted molar refractivity (Wildman–Crippen MR) is 102 cm³/mol. The highest BCUT2D eigenvalue weighted by Crippen LogP contribution is 2.47. The highest BCUT2D eigenvalue weighted by atomic mass is 16.2. The highest BCUT2D eigenvalue weighted by molar-refractivity contribution is 6.23. The summed E-state index contributed by atoms with van der Waals surface area (Å²) in [5.41, 5.74) is 1.69. The van der Waals surface area contributed by atoms with Gasteiger partial charge in [0.1, 0.15) is 0 Å². The third-order valence-corrected chi connectivity index (χ3v) is 6.01. The summed E-state index contributed by atoms with van der Waals surface area (Å²) in [5, 5.41) is 2.34. The van der Waals surface area contributed by atoms with Crippen molar-refractivity contribution in [2.24, 2.45) is 22.7 Å². The fourth-order valence-corrected chi connectivity index (χ4v) is 4.58.